The maximum atomic E-state index is 13.3. The lowest BCUT2D eigenvalue weighted by Gasteiger charge is -2.41. The Morgan fingerprint density at radius 3 is 1.89 bits per heavy atom. The zero-order chi connectivity index (χ0) is 13.6. The molecule has 2 rings (SSSR count). The maximum Gasteiger partial charge on any atom is 0.346 e. The second-order valence-electron chi connectivity index (χ2n) is 4.81. The van der Waals surface area contributed by atoms with Gasteiger partial charge in [0, 0.05) is 26.2 Å². The largest absolute Gasteiger partial charge is 0.379 e. The number of rotatable bonds is 6. The lowest BCUT2D eigenvalue weighted by molar-refractivity contribution is 0.0375. The molecule has 2 heterocycles. The van der Waals surface area contributed by atoms with E-state index in [0.717, 1.165) is 12.8 Å². The van der Waals surface area contributed by atoms with Gasteiger partial charge in [0.25, 0.3) is 0 Å². The molecule has 0 spiro atoms. The van der Waals surface area contributed by atoms with E-state index in [0.29, 0.717) is 59.2 Å². The first-order valence-corrected chi connectivity index (χ1v) is 8.71. The summed E-state index contributed by atoms with van der Waals surface area (Å²) in [6.45, 7) is 7.91. The van der Waals surface area contributed by atoms with Gasteiger partial charge in [0.05, 0.1) is 33.0 Å². The van der Waals surface area contributed by atoms with Gasteiger partial charge >= 0.3 is 7.67 Å². The molecule has 0 radical (unpaired) electrons. The van der Waals surface area contributed by atoms with Crippen molar-refractivity contribution in [3.8, 4) is 0 Å². The molecule has 0 bridgehead atoms. The molecule has 7 heteroatoms. The first-order valence-electron chi connectivity index (χ1n) is 7.18. The topological polar surface area (TPSA) is 51.2 Å². The van der Waals surface area contributed by atoms with E-state index in [-0.39, 0.29) is 0 Å². The molecule has 2 saturated heterocycles. The smallest absolute Gasteiger partial charge is 0.346 e. The Bertz CT molecular complexity index is 282. The third-order valence-corrected chi connectivity index (χ3v) is 6.20. The van der Waals surface area contributed by atoms with Crippen molar-refractivity contribution in [2.45, 2.75) is 19.8 Å². The molecule has 0 saturated carbocycles. The Balaban J connectivity index is 2.03. The van der Waals surface area contributed by atoms with Crippen LogP contribution in [-0.4, -0.2) is 68.6 Å². The van der Waals surface area contributed by atoms with Gasteiger partial charge in [-0.1, -0.05) is 13.3 Å². The molecule has 0 unspecified atom stereocenters. The number of ether oxygens (including phenoxy) is 2. The number of unbranched alkanes of at least 4 members (excludes halogenated alkanes) is 1. The molecular formula is C12H25N2O4P. The maximum absolute atomic E-state index is 13.3. The van der Waals surface area contributed by atoms with Crippen LogP contribution in [0.5, 0.6) is 0 Å². The molecule has 0 aromatic heterocycles. The van der Waals surface area contributed by atoms with Crippen LogP contribution < -0.4 is 0 Å². The number of hydrogen-bond donors (Lipinski definition) is 0. The number of morpholine rings is 2. The molecule has 0 aromatic carbocycles. The molecule has 2 fully saturated rings. The molecule has 19 heavy (non-hydrogen) atoms. The van der Waals surface area contributed by atoms with Gasteiger partial charge in [-0.25, -0.2) is 9.34 Å². The quantitative estimate of drug-likeness (QED) is 0.547. The van der Waals surface area contributed by atoms with Crippen molar-refractivity contribution >= 4 is 7.67 Å². The van der Waals surface area contributed by atoms with Crippen LogP contribution in [0, 0.1) is 0 Å². The third-order valence-electron chi connectivity index (χ3n) is 3.45. The Morgan fingerprint density at radius 1 is 1.00 bits per heavy atom. The van der Waals surface area contributed by atoms with Gasteiger partial charge in [-0.05, 0) is 6.42 Å². The van der Waals surface area contributed by atoms with Crippen molar-refractivity contribution in [3.05, 3.63) is 0 Å². The average Bonchev–Trinajstić information content (AvgIpc) is 2.49. The summed E-state index contributed by atoms with van der Waals surface area (Å²) in [5.74, 6) is 0. The van der Waals surface area contributed by atoms with Crippen LogP contribution >= 0.6 is 7.67 Å². The van der Waals surface area contributed by atoms with Crippen LogP contribution in [0.25, 0.3) is 0 Å². The van der Waals surface area contributed by atoms with Crippen molar-refractivity contribution in [3.63, 3.8) is 0 Å². The molecule has 0 amide bonds. The fourth-order valence-corrected chi connectivity index (χ4v) is 4.67. The normalized spacial score (nSPS) is 23.6. The summed E-state index contributed by atoms with van der Waals surface area (Å²) in [4.78, 5) is 0. The van der Waals surface area contributed by atoms with Crippen LogP contribution in [0.15, 0.2) is 0 Å². The molecule has 0 aromatic rings. The van der Waals surface area contributed by atoms with Crippen LogP contribution in [-0.2, 0) is 18.6 Å². The van der Waals surface area contributed by atoms with E-state index in [9.17, 15) is 4.57 Å². The minimum atomic E-state index is -2.89. The van der Waals surface area contributed by atoms with Crippen molar-refractivity contribution in [2.75, 3.05) is 59.2 Å². The fraction of sp³-hybridized carbons (Fsp3) is 1.00. The van der Waals surface area contributed by atoms with E-state index < -0.39 is 7.67 Å². The standard InChI is InChI=1S/C12H25N2O4P/c1-2-3-8-18-19(15,13-4-9-16-10-5-13)14-6-11-17-12-7-14/h2-12H2,1H3. The highest BCUT2D eigenvalue weighted by Crippen LogP contribution is 2.54. The van der Waals surface area contributed by atoms with Gasteiger partial charge < -0.3 is 14.0 Å². The van der Waals surface area contributed by atoms with Crippen LogP contribution in [0.4, 0.5) is 0 Å². The van der Waals surface area contributed by atoms with Gasteiger partial charge in [0.1, 0.15) is 0 Å². The van der Waals surface area contributed by atoms with E-state index in [1.54, 1.807) is 0 Å². The van der Waals surface area contributed by atoms with Crippen molar-refractivity contribution in [2.24, 2.45) is 0 Å². The number of hydrogen-bond acceptors (Lipinski definition) is 4. The zero-order valence-electron chi connectivity index (χ0n) is 11.8. The molecule has 2 aliphatic heterocycles. The second-order valence-corrected chi connectivity index (χ2v) is 7.18. The minimum Gasteiger partial charge on any atom is -0.379 e. The van der Waals surface area contributed by atoms with Gasteiger partial charge in [-0.2, -0.15) is 0 Å². The lowest BCUT2D eigenvalue weighted by Crippen LogP contribution is -2.43. The summed E-state index contributed by atoms with van der Waals surface area (Å²) in [6, 6.07) is 0. The lowest BCUT2D eigenvalue weighted by atomic mass is 10.4. The Kier molecular flexibility index (Phi) is 6.26. The molecule has 112 valence electrons. The van der Waals surface area contributed by atoms with E-state index in [1.807, 2.05) is 9.34 Å². The highest BCUT2D eigenvalue weighted by atomic mass is 31.2. The van der Waals surface area contributed by atoms with Crippen molar-refractivity contribution in [1.82, 2.24) is 9.34 Å². The summed E-state index contributed by atoms with van der Waals surface area (Å²) in [6.07, 6.45) is 1.99. The summed E-state index contributed by atoms with van der Waals surface area (Å²) in [5, 5.41) is 0. The molecule has 0 N–H and O–H groups in total. The van der Waals surface area contributed by atoms with Gasteiger partial charge in [0.2, 0.25) is 0 Å². The van der Waals surface area contributed by atoms with E-state index in [1.165, 1.54) is 0 Å². The minimum absolute atomic E-state index is 0.558. The van der Waals surface area contributed by atoms with E-state index >= 15 is 0 Å². The monoisotopic (exact) mass is 292 g/mol. The van der Waals surface area contributed by atoms with E-state index in [2.05, 4.69) is 6.92 Å². The Labute approximate surface area is 115 Å². The van der Waals surface area contributed by atoms with Crippen LogP contribution in [0.3, 0.4) is 0 Å². The average molecular weight is 292 g/mol. The summed E-state index contributed by atoms with van der Waals surface area (Å²) in [5.41, 5.74) is 0. The highest BCUT2D eigenvalue weighted by Gasteiger charge is 2.40. The SMILES string of the molecule is CCCCOP(=O)(N1CCOCC1)N1CCOCC1. The van der Waals surface area contributed by atoms with Crippen LogP contribution in [0.2, 0.25) is 0 Å². The molecule has 2 aliphatic rings. The van der Waals surface area contributed by atoms with Crippen molar-refractivity contribution < 1.29 is 18.6 Å². The van der Waals surface area contributed by atoms with Gasteiger partial charge in [0.15, 0.2) is 0 Å². The Hall–Kier alpha value is 0.0300. The third kappa shape index (κ3) is 4.00. The summed E-state index contributed by atoms with van der Waals surface area (Å²) < 4.78 is 33.8. The van der Waals surface area contributed by atoms with Crippen molar-refractivity contribution in [1.29, 1.82) is 0 Å². The zero-order valence-corrected chi connectivity index (χ0v) is 12.6. The Morgan fingerprint density at radius 2 is 1.47 bits per heavy atom. The van der Waals surface area contributed by atoms with Gasteiger partial charge in [-0.3, -0.25) is 4.57 Å². The summed E-state index contributed by atoms with van der Waals surface area (Å²) in [7, 11) is -2.89. The van der Waals surface area contributed by atoms with Crippen LogP contribution in [0.1, 0.15) is 19.8 Å². The first-order chi connectivity index (χ1) is 9.27. The molecule has 6 nitrogen and oxygen atoms in total. The fourth-order valence-electron chi connectivity index (χ4n) is 2.28. The predicted octanol–water partition coefficient (Wildman–Crippen LogP) is 1.58. The summed E-state index contributed by atoms with van der Waals surface area (Å²) >= 11 is 0. The van der Waals surface area contributed by atoms with E-state index in [4.69, 9.17) is 14.0 Å². The molecule has 0 aliphatic carbocycles. The second kappa shape index (κ2) is 7.72. The van der Waals surface area contributed by atoms with Gasteiger partial charge in [-0.15, -0.1) is 0 Å². The number of nitrogens with zero attached hydrogens (tertiary/aromatic N) is 2. The first kappa shape index (κ1) is 15.4. The highest BCUT2D eigenvalue weighted by molar-refractivity contribution is 7.54. The molecule has 0 atom stereocenters. The predicted molar refractivity (Wildman–Crippen MR) is 73.3 cm³/mol. The molecular weight excluding hydrogens is 267 g/mol.